The van der Waals surface area contributed by atoms with E-state index < -0.39 is 10.7 Å². The Morgan fingerprint density at radius 1 is 1.26 bits per heavy atom. The van der Waals surface area contributed by atoms with Crippen molar-refractivity contribution < 1.29 is 9.90 Å². The fraction of sp³-hybridized carbons (Fsp3) is 0.320. The number of aryl methyl sites for hydroxylation is 1. The first kappa shape index (κ1) is 26.8. The minimum absolute atomic E-state index is 0.441. The number of halogens is 1. The zero-order valence-corrected chi connectivity index (χ0v) is 22.3. The van der Waals surface area contributed by atoms with Crippen LogP contribution in [0.1, 0.15) is 43.4 Å². The van der Waals surface area contributed by atoms with Crippen LogP contribution < -0.4 is 4.90 Å². The first-order valence-electron chi connectivity index (χ1n) is 11.1. The Hall–Kier alpha value is -2.75. The molecule has 0 aromatic carbocycles. The molecule has 7 nitrogen and oxygen atoms in total. The third-order valence-electron chi connectivity index (χ3n) is 5.02. The normalized spacial score (nSPS) is 11.7. The molecule has 3 aromatic rings. The molecule has 0 saturated carbocycles. The Morgan fingerprint density at radius 3 is 2.66 bits per heavy atom. The van der Waals surface area contributed by atoms with E-state index in [0.717, 1.165) is 33.4 Å². The van der Waals surface area contributed by atoms with Gasteiger partial charge < -0.3 is 10.0 Å². The maximum atomic E-state index is 11.4. The maximum absolute atomic E-state index is 11.4. The standard InChI is InChI=1S/C25H28ClN5O2S2/c1-5-18-13-27-23(28-14-18)31(15-20-8-6-7-19(29-20)10-9-17(2)26)12-11-21-16-34-24(30-21)35-25(3,4)22(32)33/h6-10,13-14,16H,2,5,11-12,15H2,1,3-4H3,(H,32,33)/b10-9-. The van der Waals surface area contributed by atoms with E-state index in [1.54, 1.807) is 19.9 Å². The predicted molar refractivity (Wildman–Crippen MR) is 144 cm³/mol. The van der Waals surface area contributed by atoms with Crippen molar-refractivity contribution in [3.63, 3.8) is 0 Å². The topological polar surface area (TPSA) is 92.1 Å². The maximum Gasteiger partial charge on any atom is 0.319 e. The van der Waals surface area contributed by atoms with E-state index in [1.807, 2.05) is 42.0 Å². The molecule has 1 N–H and O–H groups in total. The fourth-order valence-electron chi connectivity index (χ4n) is 2.96. The molecule has 3 aromatic heterocycles. The molecule has 0 aliphatic heterocycles. The minimum atomic E-state index is -0.934. The van der Waals surface area contributed by atoms with E-state index in [9.17, 15) is 9.90 Å². The molecule has 0 aliphatic rings. The molecule has 0 radical (unpaired) electrons. The average molecular weight is 530 g/mol. The lowest BCUT2D eigenvalue weighted by atomic mass is 10.2. The summed E-state index contributed by atoms with van der Waals surface area (Å²) in [6.07, 6.45) is 8.76. The van der Waals surface area contributed by atoms with Gasteiger partial charge in [-0.25, -0.2) is 15.0 Å². The first-order valence-corrected chi connectivity index (χ1v) is 13.1. The molecule has 35 heavy (non-hydrogen) atoms. The number of anilines is 1. The van der Waals surface area contributed by atoms with Crippen LogP contribution in [0.2, 0.25) is 0 Å². The molecule has 0 fully saturated rings. The summed E-state index contributed by atoms with van der Waals surface area (Å²) in [7, 11) is 0. The van der Waals surface area contributed by atoms with Crippen molar-refractivity contribution in [2.24, 2.45) is 0 Å². The lowest BCUT2D eigenvalue weighted by Crippen LogP contribution is -2.28. The van der Waals surface area contributed by atoms with Crippen LogP contribution in [-0.4, -0.2) is 42.3 Å². The number of pyridine rings is 1. The third-order valence-corrected chi connectivity index (χ3v) is 7.32. The number of thiazole rings is 1. The minimum Gasteiger partial charge on any atom is -0.480 e. The van der Waals surface area contributed by atoms with Crippen LogP contribution >= 0.6 is 34.7 Å². The first-order chi connectivity index (χ1) is 16.7. The van der Waals surface area contributed by atoms with Crippen molar-refractivity contribution in [2.75, 3.05) is 11.4 Å². The summed E-state index contributed by atoms with van der Waals surface area (Å²) in [5, 5.41) is 11.8. The predicted octanol–water partition coefficient (Wildman–Crippen LogP) is 5.86. The second-order valence-corrected chi connectivity index (χ2v) is 11.5. The number of nitrogens with zero attached hydrogens (tertiary/aromatic N) is 5. The van der Waals surface area contributed by atoms with Crippen LogP contribution in [0, 0.1) is 0 Å². The highest BCUT2D eigenvalue weighted by molar-refractivity contribution is 8.03. The number of allylic oxidation sites excluding steroid dienone is 2. The second-order valence-electron chi connectivity index (χ2n) is 8.27. The molecular weight excluding hydrogens is 502 g/mol. The van der Waals surface area contributed by atoms with Crippen LogP contribution in [0.15, 0.2) is 58.0 Å². The summed E-state index contributed by atoms with van der Waals surface area (Å²) >= 11 is 8.56. The van der Waals surface area contributed by atoms with Crippen molar-refractivity contribution >= 4 is 52.7 Å². The number of aliphatic carboxylic acids is 1. The molecule has 0 aliphatic carbocycles. The van der Waals surface area contributed by atoms with E-state index in [-0.39, 0.29) is 0 Å². The third kappa shape index (κ3) is 8.16. The van der Waals surface area contributed by atoms with Gasteiger partial charge in [0, 0.05) is 35.8 Å². The average Bonchev–Trinajstić information content (AvgIpc) is 3.27. The smallest absolute Gasteiger partial charge is 0.319 e. The number of rotatable bonds is 12. The molecule has 0 atom stereocenters. The fourth-order valence-corrected chi connectivity index (χ4v) is 5.24. The van der Waals surface area contributed by atoms with Gasteiger partial charge in [-0.05, 0) is 50.1 Å². The zero-order chi connectivity index (χ0) is 25.4. The van der Waals surface area contributed by atoms with E-state index >= 15 is 0 Å². The number of aromatic nitrogens is 4. The number of hydrogen-bond donors (Lipinski definition) is 1. The lowest BCUT2D eigenvalue weighted by molar-refractivity contribution is -0.138. The molecule has 184 valence electrons. The summed E-state index contributed by atoms with van der Waals surface area (Å²) in [6, 6.07) is 5.82. The van der Waals surface area contributed by atoms with Crippen LogP contribution in [0.3, 0.4) is 0 Å². The Kier molecular flexibility index (Phi) is 9.42. The van der Waals surface area contributed by atoms with Gasteiger partial charge >= 0.3 is 5.97 Å². The van der Waals surface area contributed by atoms with Gasteiger partial charge in [-0.2, -0.15) is 0 Å². The summed E-state index contributed by atoms with van der Waals surface area (Å²) < 4.78 is -0.193. The van der Waals surface area contributed by atoms with E-state index in [1.165, 1.54) is 23.1 Å². The summed E-state index contributed by atoms with van der Waals surface area (Å²) in [4.78, 5) is 32.0. The number of hydrogen-bond acceptors (Lipinski definition) is 8. The van der Waals surface area contributed by atoms with E-state index in [2.05, 4.69) is 33.4 Å². The Morgan fingerprint density at radius 2 is 2.00 bits per heavy atom. The SMILES string of the molecule is C=C(Cl)/C=C\c1cccc(CN(CCc2csc(SC(C)(C)C(=O)O)n2)c2ncc(CC)cn2)n1. The van der Waals surface area contributed by atoms with Gasteiger partial charge in [-0.3, -0.25) is 9.78 Å². The van der Waals surface area contributed by atoms with Gasteiger partial charge in [0.2, 0.25) is 5.95 Å². The number of thioether (sulfide) groups is 1. The molecule has 0 bridgehead atoms. The number of carbonyl (C=O) groups is 1. The summed E-state index contributed by atoms with van der Waals surface area (Å²) in [5.41, 5.74) is 3.63. The van der Waals surface area contributed by atoms with Crippen molar-refractivity contribution in [2.45, 2.75) is 49.2 Å². The lowest BCUT2D eigenvalue weighted by Gasteiger charge is -2.22. The highest BCUT2D eigenvalue weighted by Crippen LogP contribution is 2.34. The van der Waals surface area contributed by atoms with Gasteiger partial charge in [0.05, 0.1) is 23.6 Å². The van der Waals surface area contributed by atoms with Crippen molar-refractivity contribution in [3.05, 3.63) is 76.3 Å². The molecule has 0 spiro atoms. The zero-order valence-electron chi connectivity index (χ0n) is 19.9. The van der Waals surface area contributed by atoms with Gasteiger partial charge in [-0.15, -0.1) is 11.3 Å². The van der Waals surface area contributed by atoms with Gasteiger partial charge in [0.1, 0.15) is 4.75 Å². The van der Waals surface area contributed by atoms with Crippen LogP contribution in [-0.2, 0) is 24.2 Å². The molecule has 3 rings (SSSR count). The Bertz CT molecular complexity index is 1190. The monoisotopic (exact) mass is 529 g/mol. The van der Waals surface area contributed by atoms with Crippen LogP contribution in [0.25, 0.3) is 6.08 Å². The number of carboxylic acid groups (broad SMARTS) is 1. The van der Waals surface area contributed by atoms with Crippen molar-refractivity contribution in [1.29, 1.82) is 0 Å². The van der Waals surface area contributed by atoms with Gasteiger partial charge in [0.15, 0.2) is 4.34 Å². The van der Waals surface area contributed by atoms with Crippen molar-refractivity contribution in [3.8, 4) is 0 Å². The highest BCUT2D eigenvalue weighted by Gasteiger charge is 2.29. The van der Waals surface area contributed by atoms with Crippen LogP contribution in [0.4, 0.5) is 5.95 Å². The van der Waals surface area contributed by atoms with E-state index in [4.69, 9.17) is 16.6 Å². The number of carboxylic acids is 1. The molecule has 3 heterocycles. The second kappa shape index (κ2) is 12.3. The quantitative estimate of drug-likeness (QED) is 0.230. The van der Waals surface area contributed by atoms with Crippen molar-refractivity contribution in [1.82, 2.24) is 19.9 Å². The Labute approximate surface area is 219 Å². The van der Waals surface area contributed by atoms with E-state index in [0.29, 0.717) is 30.5 Å². The van der Waals surface area contributed by atoms with Gasteiger partial charge in [0.25, 0.3) is 0 Å². The largest absolute Gasteiger partial charge is 0.480 e. The summed E-state index contributed by atoms with van der Waals surface area (Å²) in [5.74, 6) is -0.242. The molecule has 0 unspecified atom stereocenters. The molecule has 0 amide bonds. The van der Waals surface area contributed by atoms with Crippen LogP contribution in [0.5, 0.6) is 0 Å². The molecule has 0 saturated heterocycles. The summed E-state index contributed by atoms with van der Waals surface area (Å²) in [6.45, 7) is 10.2. The molecule has 10 heteroatoms. The Balaban J connectivity index is 1.77. The molecular formula is C25H28ClN5O2S2. The highest BCUT2D eigenvalue weighted by atomic mass is 35.5. The van der Waals surface area contributed by atoms with Gasteiger partial charge in [-0.1, -0.05) is 42.9 Å².